The molecule has 0 aliphatic heterocycles. The van der Waals surface area contributed by atoms with E-state index in [9.17, 15) is 0 Å². The summed E-state index contributed by atoms with van der Waals surface area (Å²) < 4.78 is 18.3. The third-order valence-corrected chi connectivity index (χ3v) is 5.91. The fourth-order valence-corrected chi connectivity index (χ4v) is 4.04. The third kappa shape index (κ3) is 6.21. The maximum atomic E-state index is 6.24. The molecule has 0 unspecified atom stereocenters. The van der Waals surface area contributed by atoms with Gasteiger partial charge >= 0.3 is 0 Å². The number of rotatable bonds is 9. The number of methoxy groups -OCH3 is 1. The molecular weight excluding hydrogens is 502 g/mol. The smallest absolute Gasteiger partial charge is 0.175 e. The molecular formula is C27H23BrClNO3. The van der Waals surface area contributed by atoms with Crippen LogP contribution in [0.1, 0.15) is 11.1 Å². The van der Waals surface area contributed by atoms with E-state index in [2.05, 4.69) is 21.2 Å². The average Bonchev–Trinajstić information content (AvgIpc) is 2.84. The van der Waals surface area contributed by atoms with Gasteiger partial charge in [0.05, 0.1) is 11.6 Å². The van der Waals surface area contributed by atoms with E-state index in [-0.39, 0.29) is 0 Å². The normalized spacial score (nSPS) is 10.5. The second-order valence-electron chi connectivity index (χ2n) is 7.28. The van der Waals surface area contributed by atoms with Gasteiger partial charge in [-0.15, -0.1) is 0 Å². The fraction of sp³-hybridized carbons (Fsp3) is 0.111. The van der Waals surface area contributed by atoms with Crippen molar-refractivity contribution in [2.45, 2.75) is 13.2 Å². The lowest BCUT2D eigenvalue weighted by Crippen LogP contribution is -2.03. The molecule has 0 bridgehead atoms. The number of anilines is 1. The van der Waals surface area contributed by atoms with Gasteiger partial charge < -0.3 is 19.5 Å². The Balaban J connectivity index is 1.39. The zero-order valence-corrected chi connectivity index (χ0v) is 20.4. The Morgan fingerprint density at radius 3 is 2.27 bits per heavy atom. The minimum atomic E-state index is 0.351. The highest BCUT2D eigenvalue weighted by Gasteiger charge is 2.13. The molecule has 4 aromatic rings. The molecule has 1 N–H and O–H groups in total. The van der Waals surface area contributed by atoms with Crippen LogP contribution in [0.15, 0.2) is 95.5 Å². The molecule has 33 heavy (non-hydrogen) atoms. The lowest BCUT2D eigenvalue weighted by molar-refractivity contribution is 0.282. The van der Waals surface area contributed by atoms with Crippen molar-refractivity contribution in [3.05, 3.63) is 112 Å². The van der Waals surface area contributed by atoms with Gasteiger partial charge in [-0.05, 0) is 76.1 Å². The topological polar surface area (TPSA) is 39.7 Å². The van der Waals surface area contributed by atoms with E-state index in [1.807, 2.05) is 91.0 Å². The maximum absolute atomic E-state index is 6.24. The number of hydrogen-bond donors (Lipinski definition) is 1. The minimum absolute atomic E-state index is 0.351. The SMILES string of the molecule is COc1cc(CNc2ccc(Oc3ccccc3)cc2)cc(Br)c1OCc1ccccc1Cl. The number of hydrogen-bond acceptors (Lipinski definition) is 4. The second-order valence-corrected chi connectivity index (χ2v) is 8.54. The van der Waals surface area contributed by atoms with Gasteiger partial charge in [-0.2, -0.15) is 0 Å². The number of para-hydroxylation sites is 1. The largest absolute Gasteiger partial charge is 0.493 e. The first-order chi connectivity index (χ1) is 16.1. The summed E-state index contributed by atoms with van der Waals surface area (Å²) in [6.07, 6.45) is 0. The molecule has 0 aromatic heterocycles. The predicted molar refractivity (Wildman–Crippen MR) is 137 cm³/mol. The highest BCUT2D eigenvalue weighted by Crippen LogP contribution is 2.37. The zero-order valence-electron chi connectivity index (χ0n) is 18.1. The van der Waals surface area contributed by atoms with Crippen molar-refractivity contribution in [1.82, 2.24) is 0 Å². The summed E-state index contributed by atoms with van der Waals surface area (Å²) in [6.45, 7) is 0.974. The van der Waals surface area contributed by atoms with Crippen molar-refractivity contribution in [2.24, 2.45) is 0 Å². The van der Waals surface area contributed by atoms with Crippen LogP contribution >= 0.6 is 27.5 Å². The first-order valence-electron chi connectivity index (χ1n) is 10.4. The lowest BCUT2D eigenvalue weighted by Gasteiger charge is -2.16. The summed E-state index contributed by atoms with van der Waals surface area (Å²) in [5.74, 6) is 2.90. The molecule has 0 aliphatic rings. The number of halogens is 2. The van der Waals surface area contributed by atoms with E-state index >= 15 is 0 Å². The van der Waals surface area contributed by atoms with Crippen molar-refractivity contribution in [1.29, 1.82) is 0 Å². The summed E-state index contributed by atoms with van der Waals surface area (Å²) in [5.41, 5.74) is 2.96. The first-order valence-corrected chi connectivity index (χ1v) is 11.6. The number of ether oxygens (including phenoxy) is 3. The number of nitrogens with one attached hydrogen (secondary N) is 1. The fourth-order valence-electron chi connectivity index (χ4n) is 3.25. The van der Waals surface area contributed by atoms with Crippen LogP contribution in [0.3, 0.4) is 0 Å². The van der Waals surface area contributed by atoms with Crippen LogP contribution < -0.4 is 19.5 Å². The van der Waals surface area contributed by atoms with Gasteiger partial charge in [0, 0.05) is 22.8 Å². The molecule has 0 radical (unpaired) electrons. The van der Waals surface area contributed by atoms with E-state index in [0.29, 0.717) is 29.7 Å². The molecule has 4 rings (SSSR count). The highest BCUT2D eigenvalue weighted by molar-refractivity contribution is 9.10. The molecule has 168 valence electrons. The Hall–Kier alpha value is -3.15. The summed E-state index contributed by atoms with van der Waals surface area (Å²) >= 11 is 9.86. The van der Waals surface area contributed by atoms with Crippen molar-refractivity contribution in [3.63, 3.8) is 0 Å². The second kappa shape index (κ2) is 11.1. The summed E-state index contributed by atoms with van der Waals surface area (Å²) in [7, 11) is 1.63. The quantitative estimate of drug-likeness (QED) is 0.240. The molecule has 6 heteroatoms. The van der Waals surface area contributed by atoms with E-state index in [4.69, 9.17) is 25.8 Å². The van der Waals surface area contributed by atoms with Crippen LogP contribution in [0.25, 0.3) is 0 Å². The highest BCUT2D eigenvalue weighted by atomic mass is 79.9. The molecule has 0 heterocycles. The van der Waals surface area contributed by atoms with Crippen LogP contribution in [0.2, 0.25) is 5.02 Å². The van der Waals surface area contributed by atoms with Gasteiger partial charge in [0.15, 0.2) is 11.5 Å². The van der Waals surface area contributed by atoms with Crippen molar-refractivity contribution < 1.29 is 14.2 Å². The van der Waals surface area contributed by atoms with Crippen LogP contribution in [0, 0.1) is 0 Å². The molecule has 0 aliphatic carbocycles. The van der Waals surface area contributed by atoms with E-state index in [1.54, 1.807) is 7.11 Å². The Labute approximate surface area is 207 Å². The van der Waals surface area contributed by atoms with Crippen molar-refractivity contribution in [2.75, 3.05) is 12.4 Å². The summed E-state index contributed by atoms with van der Waals surface area (Å²) in [4.78, 5) is 0. The molecule has 0 spiro atoms. The van der Waals surface area contributed by atoms with Gasteiger partial charge in [0.1, 0.15) is 18.1 Å². The van der Waals surface area contributed by atoms with Crippen molar-refractivity contribution in [3.8, 4) is 23.0 Å². The molecule has 0 saturated heterocycles. The summed E-state index contributed by atoms with van der Waals surface area (Å²) in [6, 6.07) is 29.2. The van der Waals surface area contributed by atoms with Crippen LogP contribution in [0.4, 0.5) is 5.69 Å². The average molecular weight is 525 g/mol. The van der Waals surface area contributed by atoms with E-state index in [0.717, 1.165) is 32.8 Å². The van der Waals surface area contributed by atoms with E-state index in [1.165, 1.54) is 0 Å². The molecule has 4 nitrogen and oxygen atoms in total. The Kier molecular flexibility index (Phi) is 7.76. The summed E-state index contributed by atoms with van der Waals surface area (Å²) in [5, 5.41) is 4.10. The Morgan fingerprint density at radius 1 is 0.848 bits per heavy atom. The standard InChI is InChI=1S/C27H23BrClNO3/c1-31-26-16-19(15-24(28)27(26)32-18-20-7-5-6-10-25(20)29)17-30-21-11-13-23(14-12-21)33-22-8-3-2-4-9-22/h2-16,30H,17-18H2,1H3. The predicted octanol–water partition coefficient (Wildman–Crippen LogP) is 8.09. The maximum Gasteiger partial charge on any atom is 0.175 e. The molecule has 0 amide bonds. The molecule has 4 aromatic carbocycles. The van der Waals surface area contributed by atoms with Crippen LogP contribution in [0.5, 0.6) is 23.0 Å². The minimum Gasteiger partial charge on any atom is -0.493 e. The lowest BCUT2D eigenvalue weighted by atomic mass is 10.2. The zero-order chi connectivity index (χ0) is 23.0. The molecule has 0 fully saturated rings. The Morgan fingerprint density at radius 2 is 1.55 bits per heavy atom. The van der Waals surface area contributed by atoms with Gasteiger partial charge in [-0.3, -0.25) is 0 Å². The Bertz CT molecular complexity index is 1200. The van der Waals surface area contributed by atoms with Crippen LogP contribution in [-0.4, -0.2) is 7.11 Å². The van der Waals surface area contributed by atoms with Gasteiger partial charge in [-0.25, -0.2) is 0 Å². The third-order valence-electron chi connectivity index (χ3n) is 4.95. The first kappa shape index (κ1) is 23.0. The van der Waals surface area contributed by atoms with Crippen LogP contribution in [-0.2, 0) is 13.2 Å². The number of benzene rings is 4. The van der Waals surface area contributed by atoms with Crippen molar-refractivity contribution >= 4 is 33.2 Å². The van der Waals surface area contributed by atoms with Gasteiger partial charge in [0.2, 0.25) is 0 Å². The van der Waals surface area contributed by atoms with Gasteiger partial charge in [-0.1, -0.05) is 48.0 Å². The van der Waals surface area contributed by atoms with Gasteiger partial charge in [0.25, 0.3) is 0 Å². The molecule has 0 saturated carbocycles. The molecule has 0 atom stereocenters. The monoisotopic (exact) mass is 523 g/mol. The van der Waals surface area contributed by atoms with E-state index < -0.39 is 0 Å².